The number of methoxy groups -OCH3 is 1. The zero-order valence-electron chi connectivity index (χ0n) is 11.3. The fourth-order valence-corrected chi connectivity index (χ4v) is 3.62. The minimum absolute atomic E-state index is 0.132. The average molecular weight is 252 g/mol. The van der Waals surface area contributed by atoms with Crippen molar-refractivity contribution in [1.29, 1.82) is 0 Å². The Morgan fingerprint density at radius 1 is 1.22 bits per heavy atom. The van der Waals surface area contributed by atoms with Crippen LogP contribution in [0.5, 0.6) is 0 Å². The average Bonchev–Trinajstić information content (AvgIpc) is 2.72. The van der Waals surface area contributed by atoms with Crippen LogP contribution in [-0.2, 0) is 14.3 Å². The SMILES string of the molecule is COC(=O)CC1CCC(=O)C1CC1CCCCC1. The first-order valence-electron chi connectivity index (χ1n) is 7.30. The molecule has 102 valence electrons. The van der Waals surface area contributed by atoms with Crippen molar-refractivity contribution >= 4 is 11.8 Å². The second-order valence-electron chi connectivity index (χ2n) is 5.89. The van der Waals surface area contributed by atoms with Gasteiger partial charge in [-0.2, -0.15) is 0 Å². The third-order valence-corrected chi connectivity index (χ3v) is 4.71. The Kier molecular flexibility index (Phi) is 4.79. The molecule has 0 amide bonds. The number of carbonyl (C=O) groups is 2. The summed E-state index contributed by atoms with van der Waals surface area (Å²) in [5, 5.41) is 0. The van der Waals surface area contributed by atoms with Gasteiger partial charge in [-0.25, -0.2) is 0 Å². The summed E-state index contributed by atoms with van der Waals surface area (Å²) in [6, 6.07) is 0. The zero-order chi connectivity index (χ0) is 13.0. The molecule has 3 nitrogen and oxygen atoms in total. The van der Waals surface area contributed by atoms with Gasteiger partial charge in [0, 0.05) is 18.8 Å². The van der Waals surface area contributed by atoms with Crippen LogP contribution in [-0.4, -0.2) is 18.9 Å². The minimum atomic E-state index is -0.164. The van der Waals surface area contributed by atoms with Crippen LogP contribution in [0.1, 0.15) is 57.8 Å². The summed E-state index contributed by atoms with van der Waals surface area (Å²) >= 11 is 0. The van der Waals surface area contributed by atoms with E-state index >= 15 is 0 Å². The molecule has 0 radical (unpaired) electrons. The standard InChI is InChI=1S/C15H24O3/c1-18-15(17)10-12-7-8-14(16)13(12)9-11-5-3-2-4-6-11/h11-13H,2-10H2,1H3. The highest BCUT2D eigenvalue weighted by molar-refractivity contribution is 5.84. The second-order valence-corrected chi connectivity index (χ2v) is 5.89. The van der Waals surface area contributed by atoms with Crippen molar-refractivity contribution in [2.75, 3.05) is 7.11 Å². The van der Waals surface area contributed by atoms with E-state index in [4.69, 9.17) is 4.74 Å². The molecule has 0 heterocycles. The molecule has 2 rings (SSSR count). The van der Waals surface area contributed by atoms with Crippen molar-refractivity contribution in [3.63, 3.8) is 0 Å². The number of esters is 1. The summed E-state index contributed by atoms with van der Waals surface area (Å²) in [4.78, 5) is 23.4. The van der Waals surface area contributed by atoms with Gasteiger partial charge < -0.3 is 4.74 Å². The van der Waals surface area contributed by atoms with E-state index in [1.54, 1.807) is 0 Å². The Morgan fingerprint density at radius 3 is 2.61 bits per heavy atom. The lowest BCUT2D eigenvalue weighted by Crippen LogP contribution is -2.22. The van der Waals surface area contributed by atoms with Gasteiger partial charge in [-0.1, -0.05) is 32.1 Å². The molecule has 0 aliphatic heterocycles. The Bertz CT molecular complexity index is 305. The smallest absolute Gasteiger partial charge is 0.305 e. The molecular weight excluding hydrogens is 228 g/mol. The molecule has 2 aliphatic rings. The van der Waals surface area contributed by atoms with E-state index in [0.29, 0.717) is 24.5 Å². The largest absolute Gasteiger partial charge is 0.469 e. The van der Waals surface area contributed by atoms with Gasteiger partial charge >= 0.3 is 5.97 Å². The van der Waals surface area contributed by atoms with Gasteiger partial charge in [-0.05, 0) is 24.7 Å². The number of ketones is 1. The maximum atomic E-state index is 12.0. The Balaban J connectivity index is 1.90. The molecule has 2 aliphatic carbocycles. The number of Topliss-reactive ketones (excluding diaryl/α,β-unsaturated/α-hetero) is 1. The highest BCUT2D eigenvalue weighted by atomic mass is 16.5. The number of rotatable bonds is 4. The summed E-state index contributed by atoms with van der Waals surface area (Å²) in [5.41, 5.74) is 0. The first kappa shape index (κ1) is 13.6. The lowest BCUT2D eigenvalue weighted by atomic mass is 9.78. The summed E-state index contributed by atoms with van der Waals surface area (Å²) < 4.78 is 4.74. The summed E-state index contributed by atoms with van der Waals surface area (Å²) in [6.07, 6.45) is 9.51. The quantitative estimate of drug-likeness (QED) is 0.722. The molecule has 3 heteroatoms. The van der Waals surface area contributed by atoms with Crippen molar-refractivity contribution in [2.24, 2.45) is 17.8 Å². The zero-order valence-corrected chi connectivity index (χ0v) is 11.3. The molecule has 0 N–H and O–H groups in total. The van der Waals surface area contributed by atoms with Crippen LogP contribution in [0.3, 0.4) is 0 Å². The summed E-state index contributed by atoms with van der Waals surface area (Å²) in [6.45, 7) is 0. The lowest BCUT2D eigenvalue weighted by Gasteiger charge is -2.26. The van der Waals surface area contributed by atoms with E-state index in [0.717, 1.165) is 12.8 Å². The molecule has 2 unspecified atom stereocenters. The van der Waals surface area contributed by atoms with Crippen molar-refractivity contribution in [2.45, 2.75) is 57.8 Å². The highest BCUT2D eigenvalue weighted by Gasteiger charge is 2.37. The van der Waals surface area contributed by atoms with E-state index in [1.165, 1.54) is 39.2 Å². The predicted octanol–water partition coefficient (Wildman–Crippen LogP) is 3.12. The number of ether oxygens (including phenoxy) is 1. The van der Waals surface area contributed by atoms with E-state index in [1.807, 2.05) is 0 Å². The fourth-order valence-electron chi connectivity index (χ4n) is 3.62. The van der Waals surface area contributed by atoms with Crippen molar-refractivity contribution < 1.29 is 14.3 Å². The van der Waals surface area contributed by atoms with Gasteiger partial charge in [0.1, 0.15) is 5.78 Å². The van der Waals surface area contributed by atoms with Gasteiger partial charge in [0.2, 0.25) is 0 Å². The first-order chi connectivity index (χ1) is 8.70. The first-order valence-corrected chi connectivity index (χ1v) is 7.30. The van der Waals surface area contributed by atoms with Crippen LogP contribution in [0.15, 0.2) is 0 Å². The Hall–Kier alpha value is -0.860. The number of carbonyl (C=O) groups excluding carboxylic acids is 2. The van der Waals surface area contributed by atoms with Crippen LogP contribution in [0, 0.1) is 17.8 Å². The second kappa shape index (κ2) is 6.35. The molecule has 0 bridgehead atoms. The summed E-state index contributed by atoms with van der Waals surface area (Å²) in [7, 11) is 1.43. The van der Waals surface area contributed by atoms with Gasteiger partial charge in [-0.3, -0.25) is 9.59 Å². The molecule has 2 fully saturated rings. The summed E-state index contributed by atoms with van der Waals surface area (Å²) in [5.74, 6) is 1.31. The van der Waals surface area contributed by atoms with E-state index in [9.17, 15) is 9.59 Å². The van der Waals surface area contributed by atoms with Crippen LogP contribution < -0.4 is 0 Å². The van der Waals surface area contributed by atoms with Gasteiger partial charge in [0.05, 0.1) is 7.11 Å². The minimum Gasteiger partial charge on any atom is -0.469 e. The molecule has 0 aromatic heterocycles. The van der Waals surface area contributed by atoms with Gasteiger partial charge in [0.25, 0.3) is 0 Å². The van der Waals surface area contributed by atoms with Crippen LogP contribution >= 0.6 is 0 Å². The molecule has 0 aromatic rings. The number of hydrogen-bond donors (Lipinski definition) is 0. The molecule has 0 spiro atoms. The van der Waals surface area contributed by atoms with Crippen molar-refractivity contribution in [1.82, 2.24) is 0 Å². The fraction of sp³-hybridized carbons (Fsp3) is 0.867. The topological polar surface area (TPSA) is 43.4 Å². The third kappa shape index (κ3) is 3.33. The van der Waals surface area contributed by atoms with Gasteiger partial charge in [-0.15, -0.1) is 0 Å². The predicted molar refractivity (Wildman–Crippen MR) is 69.0 cm³/mol. The maximum Gasteiger partial charge on any atom is 0.305 e. The molecule has 0 saturated heterocycles. The van der Waals surface area contributed by atoms with Crippen LogP contribution in [0.4, 0.5) is 0 Å². The molecular formula is C15H24O3. The van der Waals surface area contributed by atoms with E-state index in [2.05, 4.69) is 0 Å². The molecule has 18 heavy (non-hydrogen) atoms. The number of hydrogen-bond acceptors (Lipinski definition) is 3. The highest BCUT2D eigenvalue weighted by Crippen LogP contribution is 2.39. The van der Waals surface area contributed by atoms with Gasteiger partial charge in [0.15, 0.2) is 0 Å². The lowest BCUT2D eigenvalue weighted by molar-refractivity contribution is -0.142. The van der Waals surface area contributed by atoms with E-state index in [-0.39, 0.29) is 17.8 Å². The maximum absolute atomic E-state index is 12.0. The Labute approximate surface area is 109 Å². The van der Waals surface area contributed by atoms with Crippen LogP contribution in [0.25, 0.3) is 0 Å². The molecule has 2 atom stereocenters. The normalized spacial score (nSPS) is 29.5. The van der Waals surface area contributed by atoms with E-state index < -0.39 is 0 Å². The molecule has 2 saturated carbocycles. The molecule has 0 aromatic carbocycles. The van der Waals surface area contributed by atoms with Crippen molar-refractivity contribution in [3.8, 4) is 0 Å². The third-order valence-electron chi connectivity index (χ3n) is 4.71. The van der Waals surface area contributed by atoms with Crippen molar-refractivity contribution in [3.05, 3.63) is 0 Å². The monoisotopic (exact) mass is 252 g/mol. The Morgan fingerprint density at radius 2 is 1.94 bits per heavy atom. The van der Waals surface area contributed by atoms with Crippen LogP contribution in [0.2, 0.25) is 0 Å².